The Hall–Kier alpha value is -0.570. The van der Waals surface area contributed by atoms with Crippen LogP contribution in [0.2, 0.25) is 0 Å². The van der Waals surface area contributed by atoms with E-state index >= 15 is 0 Å². The van der Waals surface area contributed by atoms with Crippen LogP contribution in [-0.4, -0.2) is 18.5 Å². The number of hydrogen-bond donors (Lipinski definition) is 2. The SMILES string of the molecule is CCCNC(CC(N)=O)C1CCCCC1. The summed E-state index contributed by atoms with van der Waals surface area (Å²) in [6, 6.07) is 0.322. The average molecular weight is 212 g/mol. The van der Waals surface area contributed by atoms with Crippen molar-refractivity contribution in [3.63, 3.8) is 0 Å². The van der Waals surface area contributed by atoms with E-state index in [0.717, 1.165) is 13.0 Å². The topological polar surface area (TPSA) is 55.1 Å². The van der Waals surface area contributed by atoms with Crippen LogP contribution in [-0.2, 0) is 4.79 Å². The molecule has 3 nitrogen and oxygen atoms in total. The highest BCUT2D eigenvalue weighted by Crippen LogP contribution is 2.27. The van der Waals surface area contributed by atoms with Gasteiger partial charge in [0.05, 0.1) is 0 Å². The van der Waals surface area contributed by atoms with E-state index in [1.807, 2.05) is 0 Å². The number of hydrogen-bond acceptors (Lipinski definition) is 2. The molecule has 88 valence electrons. The Balaban J connectivity index is 2.41. The summed E-state index contributed by atoms with van der Waals surface area (Å²) in [5, 5.41) is 3.47. The van der Waals surface area contributed by atoms with E-state index in [9.17, 15) is 4.79 Å². The van der Waals surface area contributed by atoms with Crippen molar-refractivity contribution in [2.75, 3.05) is 6.54 Å². The number of nitrogens with two attached hydrogens (primary N) is 1. The van der Waals surface area contributed by atoms with Gasteiger partial charge < -0.3 is 11.1 Å². The van der Waals surface area contributed by atoms with Crippen LogP contribution >= 0.6 is 0 Å². The van der Waals surface area contributed by atoms with Gasteiger partial charge in [-0.2, -0.15) is 0 Å². The molecule has 1 atom stereocenters. The summed E-state index contributed by atoms with van der Waals surface area (Å²) in [5.41, 5.74) is 5.29. The summed E-state index contributed by atoms with van der Waals surface area (Å²) >= 11 is 0. The second-order valence-electron chi connectivity index (χ2n) is 4.63. The molecule has 1 rings (SSSR count). The molecule has 0 aromatic heterocycles. The zero-order valence-electron chi connectivity index (χ0n) is 9.80. The third-order valence-corrected chi connectivity index (χ3v) is 3.30. The Morgan fingerprint density at radius 2 is 2.07 bits per heavy atom. The van der Waals surface area contributed by atoms with Crippen molar-refractivity contribution < 1.29 is 4.79 Å². The van der Waals surface area contributed by atoms with Gasteiger partial charge in [0.2, 0.25) is 5.91 Å². The summed E-state index contributed by atoms with van der Waals surface area (Å²) in [6.45, 7) is 3.14. The number of carbonyl (C=O) groups excluding carboxylic acids is 1. The van der Waals surface area contributed by atoms with Crippen molar-refractivity contribution in [3.05, 3.63) is 0 Å². The lowest BCUT2D eigenvalue weighted by Gasteiger charge is -2.30. The average Bonchev–Trinajstić information content (AvgIpc) is 2.25. The zero-order valence-corrected chi connectivity index (χ0v) is 9.80. The van der Waals surface area contributed by atoms with Crippen LogP contribution in [0.5, 0.6) is 0 Å². The maximum absolute atomic E-state index is 11.0. The lowest BCUT2D eigenvalue weighted by Crippen LogP contribution is -2.40. The molecule has 3 N–H and O–H groups in total. The smallest absolute Gasteiger partial charge is 0.218 e. The Bertz CT molecular complexity index is 188. The molecule has 1 fully saturated rings. The monoisotopic (exact) mass is 212 g/mol. The number of rotatable bonds is 6. The highest BCUT2D eigenvalue weighted by Gasteiger charge is 2.24. The molecular formula is C12H24N2O. The number of primary amides is 1. The third kappa shape index (κ3) is 4.65. The van der Waals surface area contributed by atoms with Crippen LogP contribution in [0.15, 0.2) is 0 Å². The van der Waals surface area contributed by atoms with Gasteiger partial charge in [0.15, 0.2) is 0 Å². The van der Waals surface area contributed by atoms with Crippen LogP contribution in [0.4, 0.5) is 0 Å². The lowest BCUT2D eigenvalue weighted by atomic mass is 9.82. The van der Waals surface area contributed by atoms with Crippen molar-refractivity contribution in [2.24, 2.45) is 11.7 Å². The minimum atomic E-state index is -0.172. The highest BCUT2D eigenvalue weighted by molar-refractivity contribution is 5.74. The molecule has 0 radical (unpaired) electrons. The maximum atomic E-state index is 11.0. The Morgan fingerprint density at radius 1 is 1.40 bits per heavy atom. The van der Waals surface area contributed by atoms with Gasteiger partial charge in [0.1, 0.15) is 0 Å². The van der Waals surface area contributed by atoms with Crippen LogP contribution in [0.1, 0.15) is 51.9 Å². The third-order valence-electron chi connectivity index (χ3n) is 3.30. The summed E-state index contributed by atoms with van der Waals surface area (Å²) in [5.74, 6) is 0.493. The fourth-order valence-corrected chi connectivity index (χ4v) is 2.49. The van der Waals surface area contributed by atoms with Gasteiger partial charge in [0, 0.05) is 12.5 Å². The molecule has 0 aromatic carbocycles. The van der Waals surface area contributed by atoms with Gasteiger partial charge in [-0.15, -0.1) is 0 Å². The Morgan fingerprint density at radius 3 is 2.60 bits per heavy atom. The standard InChI is InChI=1S/C12H24N2O/c1-2-8-14-11(9-12(13)15)10-6-4-3-5-7-10/h10-11,14H,2-9H2,1H3,(H2,13,15). The normalized spacial score (nSPS) is 20.1. The van der Waals surface area contributed by atoms with E-state index in [1.54, 1.807) is 0 Å². The van der Waals surface area contributed by atoms with E-state index in [-0.39, 0.29) is 5.91 Å². The first-order valence-corrected chi connectivity index (χ1v) is 6.25. The molecule has 1 aliphatic rings. The first-order valence-electron chi connectivity index (χ1n) is 6.25. The van der Waals surface area contributed by atoms with Gasteiger partial charge in [-0.1, -0.05) is 26.2 Å². The van der Waals surface area contributed by atoms with Crippen molar-refractivity contribution in [1.29, 1.82) is 0 Å². The quantitative estimate of drug-likeness (QED) is 0.705. The first-order chi connectivity index (χ1) is 7.24. The Kier molecular flexibility index (Phi) is 5.69. The molecule has 1 unspecified atom stereocenters. The van der Waals surface area contributed by atoms with Crippen molar-refractivity contribution >= 4 is 5.91 Å². The molecule has 15 heavy (non-hydrogen) atoms. The number of nitrogens with one attached hydrogen (secondary N) is 1. The molecule has 1 aliphatic carbocycles. The van der Waals surface area contributed by atoms with E-state index in [2.05, 4.69) is 12.2 Å². The lowest BCUT2D eigenvalue weighted by molar-refractivity contribution is -0.118. The maximum Gasteiger partial charge on any atom is 0.218 e. The predicted molar refractivity (Wildman–Crippen MR) is 62.5 cm³/mol. The summed E-state index contributed by atoms with van der Waals surface area (Å²) < 4.78 is 0. The van der Waals surface area contributed by atoms with Crippen LogP contribution in [0, 0.1) is 5.92 Å². The van der Waals surface area contributed by atoms with Crippen LogP contribution in [0.3, 0.4) is 0 Å². The first kappa shape index (κ1) is 12.5. The highest BCUT2D eigenvalue weighted by atomic mass is 16.1. The number of amides is 1. The van der Waals surface area contributed by atoms with Gasteiger partial charge in [-0.05, 0) is 31.7 Å². The minimum Gasteiger partial charge on any atom is -0.370 e. The molecule has 0 heterocycles. The van der Waals surface area contributed by atoms with Crippen LogP contribution < -0.4 is 11.1 Å². The van der Waals surface area contributed by atoms with Gasteiger partial charge in [0.25, 0.3) is 0 Å². The molecule has 0 saturated heterocycles. The minimum absolute atomic E-state index is 0.172. The fourth-order valence-electron chi connectivity index (χ4n) is 2.49. The van der Waals surface area contributed by atoms with E-state index < -0.39 is 0 Å². The molecule has 1 saturated carbocycles. The summed E-state index contributed by atoms with van der Waals surface area (Å²) in [6.07, 6.45) is 8.12. The molecule has 0 spiro atoms. The number of carbonyl (C=O) groups is 1. The van der Waals surface area contributed by atoms with Gasteiger partial charge in [-0.3, -0.25) is 4.79 Å². The van der Waals surface area contributed by atoms with E-state index in [4.69, 9.17) is 5.73 Å². The molecule has 1 amide bonds. The van der Waals surface area contributed by atoms with Crippen LogP contribution in [0.25, 0.3) is 0 Å². The van der Waals surface area contributed by atoms with Gasteiger partial charge in [-0.25, -0.2) is 0 Å². The molecular weight excluding hydrogens is 188 g/mol. The molecule has 0 bridgehead atoms. The summed E-state index contributed by atoms with van der Waals surface area (Å²) in [7, 11) is 0. The zero-order chi connectivity index (χ0) is 11.1. The largest absolute Gasteiger partial charge is 0.370 e. The molecule has 0 aromatic rings. The second kappa shape index (κ2) is 6.83. The Labute approximate surface area is 92.8 Å². The summed E-state index contributed by atoms with van der Waals surface area (Å²) in [4.78, 5) is 11.0. The van der Waals surface area contributed by atoms with E-state index in [0.29, 0.717) is 18.4 Å². The van der Waals surface area contributed by atoms with Crippen molar-refractivity contribution in [2.45, 2.75) is 57.9 Å². The second-order valence-corrected chi connectivity index (χ2v) is 4.63. The van der Waals surface area contributed by atoms with E-state index in [1.165, 1.54) is 32.1 Å². The molecule has 3 heteroatoms. The fraction of sp³-hybridized carbons (Fsp3) is 0.917. The van der Waals surface area contributed by atoms with Crippen molar-refractivity contribution in [1.82, 2.24) is 5.32 Å². The molecule has 0 aliphatic heterocycles. The van der Waals surface area contributed by atoms with Gasteiger partial charge >= 0.3 is 0 Å². The predicted octanol–water partition coefficient (Wildman–Crippen LogP) is 1.81. The van der Waals surface area contributed by atoms with Crippen molar-refractivity contribution in [3.8, 4) is 0 Å².